The van der Waals surface area contributed by atoms with E-state index in [2.05, 4.69) is 15.0 Å². The molecule has 120 valence electrons. The average molecular weight is 331 g/mol. The van der Waals surface area contributed by atoms with E-state index in [-0.39, 0.29) is 11.1 Å². The van der Waals surface area contributed by atoms with E-state index >= 15 is 0 Å². The van der Waals surface area contributed by atoms with Gasteiger partial charge in [-0.25, -0.2) is 18.4 Å². The SMILES string of the molecule is Cn1cnc(S(=O)(=O)N2CCC[C@@H]2c2nc3ccccc3[nH]2)c1. The molecule has 1 N–H and O–H groups in total. The van der Waals surface area contributed by atoms with Crippen LogP contribution < -0.4 is 0 Å². The number of imidazole rings is 2. The molecule has 0 bridgehead atoms. The Morgan fingerprint density at radius 2 is 2.13 bits per heavy atom. The summed E-state index contributed by atoms with van der Waals surface area (Å²) in [6, 6.07) is 7.44. The zero-order valence-electron chi connectivity index (χ0n) is 12.7. The fourth-order valence-electron chi connectivity index (χ4n) is 3.07. The fraction of sp³-hybridized carbons (Fsp3) is 0.333. The number of aromatic nitrogens is 4. The molecular formula is C15H17N5O2S. The molecule has 2 aromatic heterocycles. The average Bonchev–Trinajstić information content (AvgIpc) is 3.25. The van der Waals surface area contributed by atoms with Crippen molar-refractivity contribution in [2.75, 3.05) is 6.54 Å². The van der Waals surface area contributed by atoms with Crippen molar-refractivity contribution in [3.05, 3.63) is 42.6 Å². The summed E-state index contributed by atoms with van der Waals surface area (Å²) in [6.07, 6.45) is 4.60. The molecule has 3 heterocycles. The van der Waals surface area contributed by atoms with Gasteiger partial charge in [-0.1, -0.05) is 12.1 Å². The maximum atomic E-state index is 12.9. The summed E-state index contributed by atoms with van der Waals surface area (Å²) < 4.78 is 28.9. The molecule has 1 aliphatic heterocycles. The second-order valence-corrected chi connectivity index (χ2v) is 7.63. The lowest BCUT2D eigenvalue weighted by atomic mass is 10.2. The van der Waals surface area contributed by atoms with Crippen LogP contribution in [0.25, 0.3) is 11.0 Å². The molecule has 4 rings (SSSR count). The van der Waals surface area contributed by atoms with Gasteiger partial charge < -0.3 is 9.55 Å². The van der Waals surface area contributed by atoms with Gasteiger partial charge in [-0.15, -0.1) is 0 Å². The lowest BCUT2D eigenvalue weighted by Gasteiger charge is -2.21. The Hall–Kier alpha value is -2.19. The number of sulfonamides is 1. The molecule has 0 aliphatic carbocycles. The lowest BCUT2D eigenvalue weighted by Crippen LogP contribution is -2.31. The molecule has 0 saturated carbocycles. The summed E-state index contributed by atoms with van der Waals surface area (Å²) in [7, 11) is -1.85. The van der Waals surface area contributed by atoms with Crippen LogP contribution in [0.3, 0.4) is 0 Å². The van der Waals surface area contributed by atoms with Crippen molar-refractivity contribution < 1.29 is 8.42 Å². The van der Waals surface area contributed by atoms with E-state index in [1.54, 1.807) is 11.6 Å². The number of hydrogen-bond acceptors (Lipinski definition) is 4. The molecule has 1 aromatic carbocycles. The first-order valence-electron chi connectivity index (χ1n) is 7.50. The number of para-hydroxylation sites is 2. The normalized spacial score (nSPS) is 19.6. The molecule has 7 nitrogen and oxygen atoms in total. The van der Waals surface area contributed by atoms with Crippen LogP contribution in [0.4, 0.5) is 0 Å². The van der Waals surface area contributed by atoms with E-state index in [0.717, 1.165) is 23.9 Å². The van der Waals surface area contributed by atoms with Crippen LogP contribution in [0.15, 0.2) is 41.8 Å². The minimum atomic E-state index is -3.61. The predicted octanol–water partition coefficient (Wildman–Crippen LogP) is 1.82. The van der Waals surface area contributed by atoms with Crippen LogP contribution in [-0.2, 0) is 17.1 Å². The van der Waals surface area contributed by atoms with Gasteiger partial charge in [0.2, 0.25) is 0 Å². The third kappa shape index (κ3) is 2.34. The van der Waals surface area contributed by atoms with Gasteiger partial charge in [0.15, 0.2) is 5.03 Å². The van der Waals surface area contributed by atoms with E-state index in [1.165, 1.54) is 16.8 Å². The van der Waals surface area contributed by atoms with Crippen LogP contribution in [0.5, 0.6) is 0 Å². The third-order valence-electron chi connectivity index (χ3n) is 4.18. The zero-order chi connectivity index (χ0) is 16.0. The third-order valence-corrected chi connectivity index (χ3v) is 5.98. The van der Waals surface area contributed by atoms with Gasteiger partial charge in [0.25, 0.3) is 10.0 Å². The molecule has 1 fully saturated rings. The molecular weight excluding hydrogens is 314 g/mol. The lowest BCUT2D eigenvalue weighted by molar-refractivity contribution is 0.384. The minimum absolute atomic E-state index is 0.0861. The number of hydrogen-bond donors (Lipinski definition) is 1. The van der Waals surface area contributed by atoms with Crippen LogP contribution in [-0.4, -0.2) is 38.8 Å². The zero-order valence-corrected chi connectivity index (χ0v) is 13.5. The summed E-state index contributed by atoms with van der Waals surface area (Å²) in [4.78, 5) is 11.8. The van der Waals surface area contributed by atoms with Gasteiger partial charge in [0, 0.05) is 19.8 Å². The monoisotopic (exact) mass is 331 g/mol. The number of aryl methyl sites for hydroxylation is 1. The Morgan fingerprint density at radius 1 is 1.30 bits per heavy atom. The molecule has 1 saturated heterocycles. The van der Waals surface area contributed by atoms with Crippen LogP contribution >= 0.6 is 0 Å². The molecule has 1 aliphatic rings. The highest BCUT2D eigenvalue weighted by molar-refractivity contribution is 7.89. The van der Waals surface area contributed by atoms with Gasteiger partial charge in [-0.2, -0.15) is 4.31 Å². The molecule has 3 aromatic rings. The van der Waals surface area contributed by atoms with Crippen molar-refractivity contribution in [1.82, 2.24) is 23.8 Å². The number of H-pyrrole nitrogens is 1. The predicted molar refractivity (Wildman–Crippen MR) is 85.2 cm³/mol. The molecule has 0 amide bonds. The van der Waals surface area contributed by atoms with Gasteiger partial charge in [-0.3, -0.25) is 0 Å². The summed E-state index contributed by atoms with van der Waals surface area (Å²) in [5.74, 6) is 0.697. The quantitative estimate of drug-likeness (QED) is 0.793. The number of aromatic amines is 1. The second kappa shape index (κ2) is 5.17. The molecule has 1 atom stereocenters. The highest BCUT2D eigenvalue weighted by Gasteiger charge is 2.38. The summed E-state index contributed by atoms with van der Waals surface area (Å²) >= 11 is 0. The van der Waals surface area contributed by atoms with Crippen molar-refractivity contribution >= 4 is 21.1 Å². The molecule has 0 spiro atoms. The number of nitrogens with zero attached hydrogens (tertiary/aromatic N) is 4. The number of rotatable bonds is 3. The van der Waals surface area contributed by atoms with Crippen molar-refractivity contribution in [3.63, 3.8) is 0 Å². The molecule has 0 unspecified atom stereocenters. The van der Waals surface area contributed by atoms with Gasteiger partial charge >= 0.3 is 0 Å². The topological polar surface area (TPSA) is 83.9 Å². The van der Waals surface area contributed by atoms with Crippen molar-refractivity contribution in [2.45, 2.75) is 23.9 Å². The molecule has 0 radical (unpaired) electrons. The van der Waals surface area contributed by atoms with E-state index in [4.69, 9.17) is 0 Å². The largest absolute Gasteiger partial charge is 0.341 e. The number of fused-ring (bicyclic) bond motifs is 1. The first-order valence-corrected chi connectivity index (χ1v) is 8.94. The van der Waals surface area contributed by atoms with E-state index < -0.39 is 10.0 Å². The Labute approximate surface area is 134 Å². The number of nitrogens with one attached hydrogen (secondary N) is 1. The van der Waals surface area contributed by atoms with Crippen molar-refractivity contribution in [2.24, 2.45) is 7.05 Å². The first-order chi connectivity index (χ1) is 11.1. The molecule has 23 heavy (non-hydrogen) atoms. The Morgan fingerprint density at radius 3 is 2.87 bits per heavy atom. The van der Waals surface area contributed by atoms with Crippen LogP contribution in [0.2, 0.25) is 0 Å². The summed E-state index contributed by atoms with van der Waals surface area (Å²) in [5, 5.41) is 0.0861. The van der Waals surface area contributed by atoms with Gasteiger partial charge in [0.05, 0.1) is 23.4 Å². The maximum Gasteiger partial charge on any atom is 0.262 e. The highest BCUT2D eigenvalue weighted by Crippen LogP contribution is 2.35. The number of benzene rings is 1. The van der Waals surface area contributed by atoms with E-state index in [0.29, 0.717) is 12.4 Å². The second-order valence-electron chi connectivity index (χ2n) is 5.79. The smallest absolute Gasteiger partial charge is 0.262 e. The fourth-order valence-corrected chi connectivity index (χ4v) is 4.70. The highest BCUT2D eigenvalue weighted by atomic mass is 32.2. The van der Waals surface area contributed by atoms with Crippen LogP contribution in [0, 0.1) is 0 Å². The van der Waals surface area contributed by atoms with E-state index in [9.17, 15) is 8.42 Å². The summed E-state index contributed by atoms with van der Waals surface area (Å²) in [5.41, 5.74) is 1.77. The Bertz CT molecular complexity index is 926. The van der Waals surface area contributed by atoms with Crippen molar-refractivity contribution in [3.8, 4) is 0 Å². The van der Waals surface area contributed by atoms with Gasteiger partial charge in [-0.05, 0) is 25.0 Å². The minimum Gasteiger partial charge on any atom is -0.341 e. The Kier molecular flexibility index (Phi) is 3.24. The molecule has 8 heteroatoms. The standard InChI is InChI=1S/C15H17N5O2S/c1-19-9-14(16-10-19)23(21,22)20-8-4-7-13(20)15-17-11-5-2-3-6-12(11)18-15/h2-3,5-6,9-10,13H,4,7-8H2,1H3,(H,17,18)/t13-/m1/s1. The van der Waals surface area contributed by atoms with E-state index in [1.807, 2.05) is 24.3 Å². The van der Waals surface area contributed by atoms with Gasteiger partial charge in [0.1, 0.15) is 5.82 Å². The van der Waals surface area contributed by atoms with Crippen LogP contribution in [0.1, 0.15) is 24.7 Å². The maximum absolute atomic E-state index is 12.9. The summed E-state index contributed by atoms with van der Waals surface area (Å²) in [6.45, 7) is 0.487. The Balaban J connectivity index is 1.74. The van der Waals surface area contributed by atoms with Crippen molar-refractivity contribution in [1.29, 1.82) is 0 Å². The first kappa shape index (κ1) is 14.4.